The lowest BCUT2D eigenvalue weighted by Gasteiger charge is -2.41. The number of thiophene rings is 1. The van der Waals surface area contributed by atoms with E-state index in [0.29, 0.717) is 30.4 Å². The van der Waals surface area contributed by atoms with E-state index in [1.165, 1.54) is 11.9 Å². The van der Waals surface area contributed by atoms with Gasteiger partial charge in [-0.3, -0.25) is 4.90 Å². The normalized spacial score (nSPS) is 22.9. The molecule has 1 saturated carbocycles. The first-order valence-corrected chi connectivity index (χ1v) is 15.6. The summed E-state index contributed by atoms with van der Waals surface area (Å²) in [6.07, 6.45) is -5.87. The Balaban J connectivity index is 1.45. The summed E-state index contributed by atoms with van der Waals surface area (Å²) in [5.74, 6) is -5.58. The average molecular weight is 683 g/mol. The number of hydrogen-bond donors (Lipinski definition) is 1. The number of nitrogens with zero attached hydrogens (tertiary/aromatic N) is 5. The molecule has 7 nitrogen and oxygen atoms in total. The average Bonchev–Trinajstić information content (AvgIpc) is 3.63. The van der Waals surface area contributed by atoms with Crippen LogP contribution in [0.2, 0.25) is 0 Å². The van der Waals surface area contributed by atoms with Crippen molar-refractivity contribution in [3.63, 3.8) is 0 Å². The van der Waals surface area contributed by atoms with Crippen LogP contribution in [-0.2, 0) is 6.18 Å². The van der Waals surface area contributed by atoms with Crippen LogP contribution in [0.1, 0.15) is 43.2 Å². The maximum absolute atomic E-state index is 16.8. The van der Waals surface area contributed by atoms with E-state index < -0.39 is 87.9 Å². The van der Waals surface area contributed by atoms with Crippen molar-refractivity contribution >= 4 is 43.1 Å². The Labute approximate surface area is 266 Å². The molecule has 2 aromatic heterocycles. The molecule has 0 bridgehead atoms. The second-order valence-corrected chi connectivity index (χ2v) is 13.5. The smallest absolute Gasteiger partial charge is 0.417 e. The topological polar surface area (TPSA) is 91.3 Å². The Bertz CT molecular complexity index is 1970. The number of hydrogen-bond acceptors (Lipinski definition) is 8. The molecule has 16 heteroatoms. The van der Waals surface area contributed by atoms with E-state index in [9.17, 15) is 36.0 Å². The van der Waals surface area contributed by atoms with Crippen LogP contribution in [0, 0.1) is 23.0 Å². The largest absolute Gasteiger partial charge is 0.461 e. The number of anilines is 2. The minimum Gasteiger partial charge on any atom is -0.461 e. The third-order valence-corrected chi connectivity index (χ3v) is 10.6. The van der Waals surface area contributed by atoms with Crippen LogP contribution in [0.4, 0.5) is 45.9 Å². The highest BCUT2D eigenvalue weighted by atomic mass is 32.1. The summed E-state index contributed by atoms with van der Waals surface area (Å²) >= 11 is 0.640. The van der Waals surface area contributed by atoms with Gasteiger partial charge in [-0.2, -0.15) is 28.4 Å². The maximum Gasteiger partial charge on any atom is 0.417 e. The highest BCUT2D eigenvalue weighted by molar-refractivity contribution is 7.23. The van der Waals surface area contributed by atoms with Crippen LogP contribution in [0.5, 0.6) is 6.01 Å². The number of nitrogen functional groups attached to an aromatic ring is 1. The SMILES string of the molecule is CN(c1nc(OC[C@@]23CCCN2C[C@H](F)C3)nc2c(F)c(-c3ccc(F)c4sc(N)c(C#N)c34)c(C(F)(F)F)cc12)C1CC(F)(F)C1. The molecule has 2 N–H and O–H groups in total. The number of fused-ring (bicyclic) bond motifs is 3. The van der Waals surface area contributed by atoms with Gasteiger partial charge in [-0.05, 0) is 37.1 Å². The lowest BCUT2D eigenvalue weighted by molar-refractivity contribution is -0.137. The summed E-state index contributed by atoms with van der Waals surface area (Å²) in [6, 6.07) is 2.93. The van der Waals surface area contributed by atoms with Crippen LogP contribution in [0.25, 0.3) is 32.1 Å². The fourth-order valence-electron chi connectivity index (χ4n) is 7.24. The molecule has 2 aromatic carbocycles. The molecular formula is C31H26F8N6OS. The molecular weight excluding hydrogens is 656 g/mol. The number of rotatable bonds is 6. The number of halogens is 8. The van der Waals surface area contributed by atoms with Gasteiger partial charge in [0.05, 0.1) is 21.4 Å². The van der Waals surface area contributed by atoms with Crippen LogP contribution in [-0.4, -0.2) is 65.3 Å². The van der Waals surface area contributed by atoms with Gasteiger partial charge in [-0.25, -0.2) is 22.0 Å². The zero-order valence-corrected chi connectivity index (χ0v) is 25.5. The number of ether oxygens (including phenoxy) is 1. The van der Waals surface area contributed by atoms with Crippen LogP contribution in [0.3, 0.4) is 0 Å². The van der Waals surface area contributed by atoms with Gasteiger partial charge in [0.15, 0.2) is 5.82 Å². The van der Waals surface area contributed by atoms with Crippen molar-refractivity contribution < 1.29 is 39.9 Å². The third-order valence-electron chi connectivity index (χ3n) is 9.58. The molecule has 248 valence electrons. The van der Waals surface area contributed by atoms with Gasteiger partial charge < -0.3 is 15.4 Å². The lowest BCUT2D eigenvalue weighted by atomic mass is 9.87. The van der Waals surface area contributed by atoms with Gasteiger partial charge in [-0.15, -0.1) is 11.3 Å². The van der Waals surface area contributed by atoms with Crippen molar-refractivity contribution in [3.05, 3.63) is 41.0 Å². The number of alkyl halides is 6. The molecule has 4 aromatic rings. The first kappa shape index (κ1) is 31.6. The molecule has 47 heavy (non-hydrogen) atoms. The molecule has 2 aliphatic heterocycles. The molecule has 2 atom stereocenters. The predicted octanol–water partition coefficient (Wildman–Crippen LogP) is 7.45. The number of nitriles is 1. The molecule has 4 heterocycles. The summed E-state index contributed by atoms with van der Waals surface area (Å²) in [4.78, 5) is 11.7. The van der Waals surface area contributed by atoms with Gasteiger partial charge in [0, 0.05) is 55.2 Å². The highest BCUT2D eigenvalue weighted by Gasteiger charge is 2.50. The second kappa shape index (κ2) is 10.8. The quantitative estimate of drug-likeness (QED) is 0.211. The van der Waals surface area contributed by atoms with E-state index in [1.54, 1.807) is 6.07 Å². The Hall–Kier alpha value is -3.97. The van der Waals surface area contributed by atoms with E-state index >= 15 is 4.39 Å². The van der Waals surface area contributed by atoms with Crippen molar-refractivity contribution in [3.8, 4) is 23.2 Å². The molecule has 3 fully saturated rings. The molecule has 7 rings (SSSR count). The highest BCUT2D eigenvalue weighted by Crippen LogP contribution is 2.49. The summed E-state index contributed by atoms with van der Waals surface area (Å²) in [6.45, 7) is 0.777. The Kier molecular flexibility index (Phi) is 7.25. The van der Waals surface area contributed by atoms with Crippen LogP contribution >= 0.6 is 11.3 Å². The van der Waals surface area contributed by atoms with E-state index in [2.05, 4.69) is 9.97 Å². The van der Waals surface area contributed by atoms with E-state index in [1.807, 2.05) is 4.90 Å². The minimum absolute atomic E-state index is 0.0863. The first-order chi connectivity index (χ1) is 22.1. The Morgan fingerprint density at radius 3 is 2.62 bits per heavy atom. The van der Waals surface area contributed by atoms with Crippen molar-refractivity contribution in [2.45, 2.75) is 62.0 Å². The molecule has 1 aliphatic carbocycles. The standard InChI is InChI=1S/C31H26F8N6OS/c1-44(15-9-30(35,36)10-15)27-17-7-19(31(37,38)39)22(16-3-4-20(33)25-21(16)18(11-40)26(41)47-25)23(34)24(17)42-28(43-27)46-13-29-5-2-6-45(29)12-14(32)8-29/h3-4,7,14-15H,2,5-6,8-10,12-13,41H2,1H3/t14-,29+/m1/s1. The molecule has 3 aliphatic rings. The Morgan fingerprint density at radius 2 is 1.94 bits per heavy atom. The molecule has 0 amide bonds. The van der Waals surface area contributed by atoms with Gasteiger partial charge >= 0.3 is 12.2 Å². The van der Waals surface area contributed by atoms with E-state index in [4.69, 9.17) is 10.5 Å². The fraction of sp³-hybridized carbons (Fsp3) is 0.452. The number of benzene rings is 2. The molecule has 2 saturated heterocycles. The van der Waals surface area contributed by atoms with Crippen molar-refractivity contribution in [1.29, 1.82) is 5.26 Å². The van der Waals surface area contributed by atoms with Crippen molar-refractivity contribution in [2.75, 3.05) is 37.4 Å². The molecule has 0 radical (unpaired) electrons. The predicted molar refractivity (Wildman–Crippen MR) is 159 cm³/mol. The van der Waals surface area contributed by atoms with E-state index in [-0.39, 0.29) is 46.0 Å². The molecule has 0 unspecified atom stereocenters. The lowest BCUT2D eigenvalue weighted by Crippen LogP contribution is -2.49. The van der Waals surface area contributed by atoms with E-state index in [0.717, 1.165) is 18.6 Å². The van der Waals surface area contributed by atoms with Crippen LogP contribution < -0.4 is 15.4 Å². The zero-order chi connectivity index (χ0) is 33.6. The van der Waals surface area contributed by atoms with Crippen LogP contribution in [0.15, 0.2) is 18.2 Å². The third kappa shape index (κ3) is 5.09. The second-order valence-electron chi connectivity index (χ2n) is 12.5. The summed E-state index contributed by atoms with van der Waals surface area (Å²) in [5.41, 5.74) is 1.38. The summed E-state index contributed by atoms with van der Waals surface area (Å²) in [5, 5.41) is 8.86. The first-order valence-electron chi connectivity index (χ1n) is 14.8. The zero-order valence-electron chi connectivity index (χ0n) is 24.7. The number of aromatic nitrogens is 2. The van der Waals surface area contributed by atoms with Gasteiger partial charge in [0.2, 0.25) is 0 Å². The summed E-state index contributed by atoms with van der Waals surface area (Å²) < 4.78 is 124. The van der Waals surface area contributed by atoms with Gasteiger partial charge in [0.25, 0.3) is 5.92 Å². The van der Waals surface area contributed by atoms with Crippen molar-refractivity contribution in [1.82, 2.24) is 14.9 Å². The minimum atomic E-state index is -5.18. The maximum atomic E-state index is 16.8. The van der Waals surface area contributed by atoms with Gasteiger partial charge in [-0.1, -0.05) is 6.07 Å². The fourth-order valence-corrected chi connectivity index (χ4v) is 8.19. The van der Waals surface area contributed by atoms with Gasteiger partial charge in [0.1, 0.15) is 41.0 Å². The summed E-state index contributed by atoms with van der Waals surface area (Å²) in [7, 11) is 1.36. The Morgan fingerprint density at radius 1 is 1.19 bits per heavy atom. The monoisotopic (exact) mass is 682 g/mol. The number of nitrogens with two attached hydrogens (primary N) is 1. The molecule has 0 spiro atoms. The van der Waals surface area contributed by atoms with Crippen molar-refractivity contribution in [2.24, 2.45) is 0 Å².